The fraction of sp³-hybridized carbons (Fsp3) is 1.00. The Morgan fingerprint density at radius 2 is 0.143 bits per heavy atom. The molecule has 0 spiro atoms. The topological polar surface area (TPSA) is 0 Å². The highest BCUT2D eigenvalue weighted by atomic mass is 13.8. The molecule has 0 aliphatic heterocycles. The summed E-state index contributed by atoms with van der Waals surface area (Å²) in [6, 6.07) is 0. The van der Waals surface area contributed by atoms with Gasteiger partial charge in [-0.2, -0.15) is 0 Å². The highest BCUT2D eigenvalue weighted by Crippen LogP contribution is 1.83. The van der Waals surface area contributed by atoms with Crippen molar-refractivity contribution < 1.29 is 0 Å². The molecular formula is C28H70. The zero-order valence-corrected chi connectivity index (χ0v) is 25.0. The summed E-state index contributed by atoms with van der Waals surface area (Å²) in [4.78, 5) is 0. The van der Waals surface area contributed by atoms with Gasteiger partial charge >= 0.3 is 0 Å². The third-order valence-corrected chi connectivity index (χ3v) is 0. The molecule has 0 saturated carbocycles. The summed E-state index contributed by atoms with van der Waals surface area (Å²) < 4.78 is 0. The van der Waals surface area contributed by atoms with E-state index in [2.05, 4.69) is 145 Å². The minimum absolute atomic E-state index is 0.833. The maximum atomic E-state index is 2.17. The van der Waals surface area contributed by atoms with E-state index in [4.69, 9.17) is 0 Å². The Morgan fingerprint density at radius 3 is 0.143 bits per heavy atom. The molecule has 0 aliphatic rings. The molecule has 0 nitrogen and oxygen atoms in total. The van der Waals surface area contributed by atoms with Crippen molar-refractivity contribution in [3.63, 3.8) is 0 Å². The van der Waals surface area contributed by atoms with E-state index in [0.29, 0.717) is 0 Å². The third-order valence-electron chi connectivity index (χ3n) is 0. The summed E-state index contributed by atoms with van der Waals surface area (Å²) in [6.45, 7) is 45.5. The maximum Gasteiger partial charge on any atom is -0.0500 e. The first-order valence-electron chi connectivity index (χ1n) is 12.1. The van der Waals surface area contributed by atoms with Crippen molar-refractivity contribution in [1.29, 1.82) is 0 Å². The second-order valence-electron chi connectivity index (χ2n) is 12.1. The smallest absolute Gasteiger partial charge is 0.0500 e. The van der Waals surface area contributed by atoms with Crippen LogP contribution in [0.25, 0.3) is 0 Å². The largest absolute Gasteiger partial charge is 0.0630 e. The zero-order valence-electron chi connectivity index (χ0n) is 25.0. The summed E-state index contributed by atoms with van der Waals surface area (Å²) in [5.74, 6) is 5.83. The lowest BCUT2D eigenvalue weighted by Crippen LogP contribution is -1.66. The van der Waals surface area contributed by atoms with Crippen LogP contribution in [0.1, 0.15) is 145 Å². The van der Waals surface area contributed by atoms with Gasteiger partial charge in [-0.05, 0) is 41.4 Å². The minimum Gasteiger partial charge on any atom is -0.0630 e. The van der Waals surface area contributed by atoms with Gasteiger partial charge in [-0.15, -0.1) is 0 Å². The fourth-order valence-corrected chi connectivity index (χ4v) is 0. The van der Waals surface area contributed by atoms with E-state index in [1.807, 2.05) is 0 Å². The molecule has 182 valence electrons. The van der Waals surface area contributed by atoms with Crippen LogP contribution in [0.4, 0.5) is 0 Å². The van der Waals surface area contributed by atoms with Crippen LogP contribution in [0.3, 0.4) is 0 Å². The van der Waals surface area contributed by atoms with Gasteiger partial charge in [0.2, 0.25) is 0 Å². The highest BCUT2D eigenvalue weighted by Gasteiger charge is 1.70. The molecule has 0 heteroatoms. The normalized spacial score (nSPS) is 9.00. The molecule has 0 aliphatic carbocycles. The van der Waals surface area contributed by atoms with Crippen molar-refractivity contribution in [2.75, 3.05) is 0 Å². The predicted octanol–water partition coefficient (Wildman–Crippen LogP) is 11.6. The van der Waals surface area contributed by atoms with Gasteiger partial charge in [0.15, 0.2) is 0 Å². The Morgan fingerprint density at radius 1 is 0.143 bits per heavy atom. The zero-order chi connectivity index (χ0) is 25.0. The van der Waals surface area contributed by atoms with Crippen LogP contribution >= 0.6 is 0 Å². The Kier molecular flexibility index (Phi) is 68.4. The lowest BCUT2D eigenvalue weighted by Gasteiger charge is -1.79. The third kappa shape index (κ3) is 0. The van der Waals surface area contributed by atoms with Crippen molar-refractivity contribution in [3.05, 3.63) is 0 Å². The van der Waals surface area contributed by atoms with Crippen LogP contribution in [-0.4, -0.2) is 0 Å². The first kappa shape index (κ1) is 46.3. The molecule has 0 fully saturated rings. The number of rotatable bonds is 0. The lowest BCUT2D eigenvalue weighted by molar-refractivity contribution is 0.736. The summed E-state index contributed by atoms with van der Waals surface area (Å²) in [6.07, 6.45) is 0. The monoisotopic (exact) mass is 407 g/mol. The molecule has 0 atom stereocenters. The molecule has 0 aromatic carbocycles. The van der Waals surface area contributed by atoms with Gasteiger partial charge < -0.3 is 0 Å². The maximum absolute atomic E-state index is 2.17. The van der Waals surface area contributed by atoms with Crippen molar-refractivity contribution in [2.24, 2.45) is 41.4 Å². The second-order valence-corrected chi connectivity index (χ2v) is 12.1. The van der Waals surface area contributed by atoms with Gasteiger partial charge in [0.25, 0.3) is 0 Å². The van der Waals surface area contributed by atoms with Gasteiger partial charge in [0, 0.05) is 0 Å². The first-order valence-corrected chi connectivity index (χ1v) is 12.1. The van der Waals surface area contributed by atoms with Crippen LogP contribution in [0, 0.1) is 41.4 Å². The SMILES string of the molecule is CC(C)C.CC(C)C.CC(C)C.CC(C)C.CC(C)C.CC(C)C.CC(C)C. The highest BCUT2D eigenvalue weighted by molar-refractivity contribution is 4.22. The second kappa shape index (κ2) is 41.4. The summed E-state index contributed by atoms with van der Waals surface area (Å²) >= 11 is 0. The van der Waals surface area contributed by atoms with E-state index >= 15 is 0 Å². The molecule has 0 unspecified atom stereocenters. The van der Waals surface area contributed by atoms with Gasteiger partial charge in [0.05, 0.1) is 0 Å². The first-order chi connectivity index (χ1) is 12.1. The lowest BCUT2D eigenvalue weighted by atomic mass is 10.3. The summed E-state index contributed by atoms with van der Waals surface area (Å²) in [7, 11) is 0. The molecule has 0 bridgehead atoms. The van der Waals surface area contributed by atoms with E-state index < -0.39 is 0 Å². The molecule has 0 aromatic rings. The predicted molar refractivity (Wildman–Crippen MR) is 144 cm³/mol. The molecule has 0 radical (unpaired) electrons. The Bertz CT molecular complexity index is 92.2. The van der Waals surface area contributed by atoms with E-state index in [1.54, 1.807) is 0 Å². The Balaban J connectivity index is -0.0000000367. The number of hydrogen-bond acceptors (Lipinski definition) is 0. The van der Waals surface area contributed by atoms with Crippen molar-refractivity contribution in [1.82, 2.24) is 0 Å². The van der Waals surface area contributed by atoms with Crippen LogP contribution in [0.5, 0.6) is 0 Å². The molecule has 0 amide bonds. The van der Waals surface area contributed by atoms with E-state index in [-0.39, 0.29) is 0 Å². The molecule has 0 aromatic heterocycles. The van der Waals surface area contributed by atoms with Crippen LogP contribution in [0.2, 0.25) is 0 Å². The van der Waals surface area contributed by atoms with E-state index in [9.17, 15) is 0 Å². The molecule has 28 heavy (non-hydrogen) atoms. The van der Waals surface area contributed by atoms with E-state index in [0.717, 1.165) is 41.4 Å². The van der Waals surface area contributed by atoms with E-state index in [1.165, 1.54) is 0 Å². The Hall–Kier alpha value is 0. The molecule has 0 saturated heterocycles. The van der Waals surface area contributed by atoms with Gasteiger partial charge in [-0.25, -0.2) is 0 Å². The minimum atomic E-state index is 0.833. The van der Waals surface area contributed by atoms with Crippen LogP contribution < -0.4 is 0 Å². The molecule has 0 heterocycles. The van der Waals surface area contributed by atoms with Crippen molar-refractivity contribution in [2.45, 2.75) is 145 Å². The number of hydrogen-bond donors (Lipinski definition) is 0. The van der Waals surface area contributed by atoms with Crippen LogP contribution in [-0.2, 0) is 0 Å². The van der Waals surface area contributed by atoms with Gasteiger partial charge in [0.1, 0.15) is 0 Å². The molecular weight excluding hydrogens is 336 g/mol. The van der Waals surface area contributed by atoms with Crippen molar-refractivity contribution in [3.8, 4) is 0 Å². The molecule has 0 rings (SSSR count). The fourth-order valence-electron chi connectivity index (χ4n) is 0. The van der Waals surface area contributed by atoms with Crippen molar-refractivity contribution >= 4 is 0 Å². The molecule has 0 N–H and O–H groups in total. The van der Waals surface area contributed by atoms with Gasteiger partial charge in [-0.3, -0.25) is 0 Å². The Labute approximate surface area is 187 Å². The van der Waals surface area contributed by atoms with Crippen LogP contribution in [0.15, 0.2) is 0 Å². The van der Waals surface area contributed by atoms with Gasteiger partial charge in [-0.1, -0.05) is 145 Å². The average Bonchev–Trinajstić information content (AvgIpc) is 2.20. The average molecular weight is 407 g/mol. The summed E-state index contributed by atoms with van der Waals surface area (Å²) in [5.41, 5.74) is 0. The standard InChI is InChI=1S/7C4H10/c7*1-4(2)3/h7*4H,1-3H3. The summed E-state index contributed by atoms with van der Waals surface area (Å²) in [5, 5.41) is 0. The quantitative estimate of drug-likeness (QED) is 0.375.